The van der Waals surface area contributed by atoms with Gasteiger partial charge in [-0.05, 0) is 26.0 Å². The van der Waals surface area contributed by atoms with E-state index in [1.165, 1.54) is 7.11 Å². The maximum Gasteiger partial charge on any atom is 0.331 e. The van der Waals surface area contributed by atoms with Gasteiger partial charge in [0.05, 0.1) is 13.7 Å². The van der Waals surface area contributed by atoms with Crippen LogP contribution in [0.3, 0.4) is 0 Å². The van der Waals surface area contributed by atoms with Crippen LogP contribution >= 0.6 is 0 Å². The highest BCUT2D eigenvalue weighted by Crippen LogP contribution is 2.24. The van der Waals surface area contributed by atoms with E-state index < -0.39 is 5.54 Å². The van der Waals surface area contributed by atoms with E-state index in [2.05, 4.69) is 0 Å². The molecule has 17 heavy (non-hydrogen) atoms. The van der Waals surface area contributed by atoms with Crippen molar-refractivity contribution < 1.29 is 14.3 Å². The summed E-state index contributed by atoms with van der Waals surface area (Å²) in [6, 6.07) is 9.32. The van der Waals surface area contributed by atoms with Gasteiger partial charge in [-0.2, -0.15) is 0 Å². The Balaban J connectivity index is 3.09. The standard InChI is InChI=1S/C13H17NO3/c1-13(2,12(16)17-3)14(9-10-15)11-7-5-4-6-8-11/h4-8,10H,9H2,1-3H3. The van der Waals surface area contributed by atoms with E-state index in [0.29, 0.717) is 0 Å². The summed E-state index contributed by atoms with van der Waals surface area (Å²) in [4.78, 5) is 24.2. The van der Waals surface area contributed by atoms with Crippen molar-refractivity contribution in [2.75, 3.05) is 18.6 Å². The minimum absolute atomic E-state index is 0.145. The van der Waals surface area contributed by atoms with Crippen LogP contribution in [0.1, 0.15) is 13.8 Å². The molecule has 1 aromatic carbocycles. The Morgan fingerprint density at radius 2 is 1.94 bits per heavy atom. The minimum Gasteiger partial charge on any atom is -0.467 e. The third-order valence-corrected chi connectivity index (χ3v) is 2.68. The zero-order chi connectivity index (χ0) is 12.9. The van der Waals surface area contributed by atoms with Gasteiger partial charge in [-0.25, -0.2) is 4.79 Å². The van der Waals surface area contributed by atoms with Crippen molar-refractivity contribution in [1.82, 2.24) is 0 Å². The number of esters is 1. The summed E-state index contributed by atoms with van der Waals surface area (Å²) in [6.45, 7) is 3.61. The van der Waals surface area contributed by atoms with Crippen LogP contribution < -0.4 is 4.90 Å². The molecule has 0 amide bonds. The number of rotatable bonds is 5. The summed E-state index contributed by atoms with van der Waals surface area (Å²) < 4.78 is 4.77. The lowest BCUT2D eigenvalue weighted by atomic mass is 10.0. The number of benzene rings is 1. The number of carbonyl (C=O) groups excluding carboxylic acids is 2. The van der Waals surface area contributed by atoms with E-state index >= 15 is 0 Å². The second-order valence-corrected chi connectivity index (χ2v) is 4.16. The van der Waals surface area contributed by atoms with E-state index in [1.807, 2.05) is 30.3 Å². The Hall–Kier alpha value is -1.84. The van der Waals surface area contributed by atoms with Crippen LogP contribution in [0.15, 0.2) is 30.3 Å². The Kier molecular flexibility index (Phi) is 4.26. The highest BCUT2D eigenvalue weighted by molar-refractivity contribution is 5.85. The van der Waals surface area contributed by atoms with Crippen molar-refractivity contribution in [2.45, 2.75) is 19.4 Å². The Bertz CT molecular complexity index is 387. The first-order valence-electron chi connectivity index (χ1n) is 5.38. The average Bonchev–Trinajstić information content (AvgIpc) is 2.35. The number of nitrogens with zero attached hydrogens (tertiary/aromatic N) is 1. The van der Waals surface area contributed by atoms with Gasteiger partial charge in [0.25, 0.3) is 0 Å². The smallest absolute Gasteiger partial charge is 0.331 e. The number of methoxy groups -OCH3 is 1. The second kappa shape index (κ2) is 5.48. The van der Waals surface area contributed by atoms with Crippen molar-refractivity contribution in [3.63, 3.8) is 0 Å². The van der Waals surface area contributed by atoms with Gasteiger partial charge >= 0.3 is 5.97 Å². The summed E-state index contributed by atoms with van der Waals surface area (Å²) in [7, 11) is 1.34. The molecule has 0 aliphatic rings. The van der Waals surface area contributed by atoms with Crippen molar-refractivity contribution in [2.24, 2.45) is 0 Å². The lowest BCUT2D eigenvalue weighted by Crippen LogP contribution is -2.51. The number of ether oxygens (including phenoxy) is 1. The molecule has 0 atom stereocenters. The molecule has 0 N–H and O–H groups in total. The third kappa shape index (κ3) is 2.84. The molecule has 0 fully saturated rings. The number of hydrogen-bond acceptors (Lipinski definition) is 4. The van der Waals surface area contributed by atoms with Crippen molar-refractivity contribution in [1.29, 1.82) is 0 Å². The Morgan fingerprint density at radius 1 is 1.35 bits per heavy atom. The maximum atomic E-state index is 11.7. The van der Waals surface area contributed by atoms with E-state index in [1.54, 1.807) is 18.7 Å². The quantitative estimate of drug-likeness (QED) is 0.575. The first-order valence-corrected chi connectivity index (χ1v) is 5.38. The van der Waals surface area contributed by atoms with Gasteiger partial charge in [-0.3, -0.25) is 0 Å². The van der Waals surface area contributed by atoms with Gasteiger partial charge in [0.15, 0.2) is 0 Å². The van der Waals surface area contributed by atoms with Gasteiger partial charge in [0, 0.05) is 5.69 Å². The SMILES string of the molecule is COC(=O)C(C)(C)N(CC=O)c1ccccc1. The van der Waals surface area contributed by atoms with Crippen molar-refractivity contribution >= 4 is 17.9 Å². The highest BCUT2D eigenvalue weighted by atomic mass is 16.5. The Morgan fingerprint density at radius 3 is 2.41 bits per heavy atom. The minimum atomic E-state index is -0.878. The molecular formula is C13H17NO3. The van der Waals surface area contributed by atoms with Crippen LogP contribution in [0.2, 0.25) is 0 Å². The molecular weight excluding hydrogens is 218 g/mol. The molecule has 0 heterocycles. The molecule has 0 unspecified atom stereocenters. The summed E-state index contributed by atoms with van der Waals surface area (Å²) >= 11 is 0. The molecule has 1 rings (SSSR count). The zero-order valence-corrected chi connectivity index (χ0v) is 10.3. The number of para-hydroxylation sites is 1. The highest BCUT2D eigenvalue weighted by Gasteiger charge is 2.35. The molecule has 0 aliphatic heterocycles. The van der Waals surface area contributed by atoms with Crippen LogP contribution in [0.4, 0.5) is 5.69 Å². The van der Waals surface area contributed by atoms with Crippen LogP contribution in [-0.4, -0.2) is 31.4 Å². The summed E-state index contributed by atoms with van der Waals surface area (Å²) in [6.07, 6.45) is 0.775. The molecule has 4 heteroatoms. The monoisotopic (exact) mass is 235 g/mol. The van der Waals surface area contributed by atoms with Crippen LogP contribution in [0, 0.1) is 0 Å². The maximum absolute atomic E-state index is 11.7. The normalized spacial score (nSPS) is 10.8. The molecule has 0 spiro atoms. The van der Waals surface area contributed by atoms with Crippen LogP contribution in [0.25, 0.3) is 0 Å². The van der Waals surface area contributed by atoms with E-state index in [-0.39, 0.29) is 12.5 Å². The zero-order valence-electron chi connectivity index (χ0n) is 10.3. The summed E-state index contributed by atoms with van der Waals surface area (Å²) in [5, 5.41) is 0. The van der Waals surface area contributed by atoms with E-state index in [0.717, 1.165) is 12.0 Å². The fraction of sp³-hybridized carbons (Fsp3) is 0.385. The molecule has 0 radical (unpaired) electrons. The summed E-state index contributed by atoms with van der Waals surface area (Å²) in [5.74, 6) is -0.372. The molecule has 0 saturated carbocycles. The van der Waals surface area contributed by atoms with Crippen LogP contribution in [-0.2, 0) is 14.3 Å². The molecule has 0 saturated heterocycles. The largest absolute Gasteiger partial charge is 0.467 e. The first kappa shape index (κ1) is 13.2. The van der Waals surface area contributed by atoms with Gasteiger partial charge in [-0.1, -0.05) is 18.2 Å². The van der Waals surface area contributed by atoms with Crippen molar-refractivity contribution in [3.8, 4) is 0 Å². The molecule has 4 nitrogen and oxygen atoms in total. The topological polar surface area (TPSA) is 46.6 Å². The van der Waals surface area contributed by atoms with Gasteiger partial charge in [0.2, 0.25) is 0 Å². The second-order valence-electron chi connectivity index (χ2n) is 4.16. The van der Waals surface area contributed by atoms with E-state index in [9.17, 15) is 9.59 Å². The fourth-order valence-corrected chi connectivity index (χ4v) is 1.70. The number of hydrogen-bond donors (Lipinski definition) is 0. The molecule has 1 aromatic rings. The molecule has 0 bridgehead atoms. The number of aldehydes is 1. The van der Waals surface area contributed by atoms with Crippen molar-refractivity contribution in [3.05, 3.63) is 30.3 Å². The lowest BCUT2D eigenvalue weighted by Gasteiger charge is -2.36. The average molecular weight is 235 g/mol. The van der Waals surface area contributed by atoms with Gasteiger partial charge in [-0.15, -0.1) is 0 Å². The lowest BCUT2D eigenvalue weighted by molar-refractivity contribution is -0.145. The number of anilines is 1. The number of carbonyl (C=O) groups is 2. The molecule has 0 aliphatic carbocycles. The first-order chi connectivity index (χ1) is 8.04. The Labute approximate surface area is 101 Å². The predicted molar refractivity (Wildman–Crippen MR) is 65.9 cm³/mol. The van der Waals surface area contributed by atoms with Gasteiger partial charge in [0.1, 0.15) is 11.8 Å². The summed E-state index contributed by atoms with van der Waals surface area (Å²) in [5.41, 5.74) is -0.0631. The van der Waals surface area contributed by atoms with E-state index in [4.69, 9.17) is 4.74 Å². The fourth-order valence-electron chi connectivity index (χ4n) is 1.70. The van der Waals surface area contributed by atoms with Crippen LogP contribution in [0.5, 0.6) is 0 Å². The third-order valence-electron chi connectivity index (χ3n) is 2.68. The molecule has 0 aromatic heterocycles. The molecule has 92 valence electrons. The predicted octanol–water partition coefficient (Wildman–Crippen LogP) is 1.64. The van der Waals surface area contributed by atoms with Gasteiger partial charge < -0.3 is 14.4 Å².